The van der Waals surface area contributed by atoms with Crippen molar-refractivity contribution >= 4 is 114 Å². The van der Waals surface area contributed by atoms with Gasteiger partial charge in [-0.05, 0) is 92.0 Å². The summed E-state index contributed by atoms with van der Waals surface area (Å²) < 4.78 is 327. The van der Waals surface area contributed by atoms with Crippen LogP contribution in [-0.4, -0.2) is 292 Å². The molecule has 10 aromatic rings. The van der Waals surface area contributed by atoms with Crippen LogP contribution in [0.3, 0.4) is 0 Å². The zero-order chi connectivity index (χ0) is 117. The molecule has 115 heavy (non-hydrogen) atoms. The molecule has 15 heterocycles. The monoisotopic (exact) mass is 1600 g/mol. The topological polar surface area (TPSA) is 347 Å². The van der Waals surface area contributed by atoms with Gasteiger partial charge < -0.3 is 98.1 Å². The third kappa shape index (κ3) is 19.2. The number of rotatable bonds is 15. The first-order valence-corrected chi connectivity index (χ1v) is 34.9. The largest absolute Gasteiger partial charge is 0.354 e. The van der Waals surface area contributed by atoms with Gasteiger partial charge in [0.25, 0.3) is 32.6 Å². The minimum absolute atomic E-state index is 0.0133. The van der Waals surface area contributed by atoms with E-state index in [1.165, 1.54) is 55.8 Å². The van der Waals surface area contributed by atoms with E-state index in [1.807, 2.05) is 6.92 Å². The molecule has 0 spiro atoms. The van der Waals surface area contributed by atoms with Gasteiger partial charge in [-0.1, -0.05) is 34.4 Å². The number of piperidine rings is 5. The van der Waals surface area contributed by atoms with E-state index < -0.39 is 234 Å². The van der Waals surface area contributed by atoms with Gasteiger partial charge in [-0.15, -0.1) is 0 Å². The molecule has 10 atom stereocenters. The third-order valence-corrected chi connectivity index (χ3v) is 18.6. The number of amides is 5. The number of nitrogens with one attached hydrogen (secondary N) is 5. The first-order chi connectivity index (χ1) is 71.1. The number of hydrogen-bond acceptors (Lipinski definition) is 20. The quantitative estimate of drug-likeness (QED) is 0.0612. The summed E-state index contributed by atoms with van der Waals surface area (Å²) in [4.78, 5) is 138. The number of carbonyl (C=O) groups excluding carboxylic acids is 5. The molecule has 35 nitrogen and oxygen atoms in total. The first-order valence-electron chi connectivity index (χ1n) is 54.9. The maximum atomic E-state index is 12.6. The first kappa shape index (κ1) is 45.0. The van der Waals surface area contributed by atoms with Crippen molar-refractivity contribution in [1.29, 1.82) is 0 Å². The molecule has 35 heteroatoms. The van der Waals surface area contributed by atoms with E-state index >= 15 is 0 Å². The lowest BCUT2D eigenvalue weighted by atomic mass is 9.92. The Morgan fingerprint density at radius 1 is 0.409 bits per heavy atom. The summed E-state index contributed by atoms with van der Waals surface area (Å²) in [6.45, 7) is -3.22. The van der Waals surface area contributed by atoms with Gasteiger partial charge >= 0.3 is 29.5 Å². The highest BCUT2D eigenvalue weighted by Gasteiger charge is 2.39. The number of aromatic amines is 5. The second-order valence-electron chi connectivity index (χ2n) is 25.7. The van der Waals surface area contributed by atoms with Gasteiger partial charge in [-0.2, -0.15) is 0 Å². The number of fused-ring (bicyclic) bond motifs is 5. The van der Waals surface area contributed by atoms with Crippen LogP contribution in [0.5, 0.6) is 0 Å². The van der Waals surface area contributed by atoms with Gasteiger partial charge in [0.1, 0.15) is 104 Å². The fourth-order valence-corrected chi connectivity index (χ4v) is 12.5. The predicted molar refractivity (Wildman–Crippen MR) is 440 cm³/mol. The van der Waals surface area contributed by atoms with Crippen LogP contribution in [0.2, 0.25) is 0 Å². The minimum atomic E-state index is -3.50. The van der Waals surface area contributed by atoms with E-state index in [4.69, 9.17) is 86.3 Å². The van der Waals surface area contributed by atoms with Crippen molar-refractivity contribution in [3.63, 3.8) is 0 Å². The summed E-state index contributed by atoms with van der Waals surface area (Å²) in [5, 5.41) is 1.53. The van der Waals surface area contributed by atoms with Crippen LogP contribution in [0.1, 0.15) is 121 Å². The molecule has 5 fully saturated rings. The lowest BCUT2D eigenvalue weighted by Gasteiger charge is -2.41. The van der Waals surface area contributed by atoms with Crippen LogP contribution in [0.4, 0.5) is 29.1 Å². The highest BCUT2D eigenvalue weighted by atomic mass is 16.2. The zero-order valence-corrected chi connectivity index (χ0v) is 61.9. The highest BCUT2D eigenvalue weighted by molar-refractivity contribution is 5.91. The van der Waals surface area contributed by atoms with Crippen LogP contribution in [0.15, 0.2) is 92.8 Å². The highest BCUT2D eigenvalue weighted by Crippen LogP contribution is 2.35. The summed E-state index contributed by atoms with van der Waals surface area (Å²) in [7, 11) is 4.24. The van der Waals surface area contributed by atoms with Gasteiger partial charge in [-0.25, -0.2) is 82.7 Å². The number of H-pyrrole nitrogens is 5. The molecule has 0 radical (unpaired) electrons. The number of likely N-dealkylation sites (tertiary alicyclic amines) is 5. The SMILES string of the molecule is [2H]c1nc(N(C([2H])([2H])[2H])[C@@]2([2H])C([2H])([2H])N(C(=O)C[N+]#[C-])CC[C@@]2([2H])C([2H])([2H])[2H])c2cc[nH]c2n1.[2H]c1nc(N(C)[C@@H]2[C@H](C([2H])([2H])[2H])CCN(C(=O)C([2H])([2H])[N+]#[C-])C2([2H])[2H])c2cc[nH]c2n1.[2H]c1nc(N(C)[C@@H]2[C@H](C)CCN(C(=O)C([2H])([2H])[N+]#[C-])C2([2H])[2H])c2cc[nH]c2n1.[2H]c1nc(N(C)[C@@]2([2H])C([2H])([2H])N(C(=O)C[N+]#[C-])CC[C@@]2([2H])C([2H])([2H])[2H])c2cc[nH]c2n1.[2H]c1nc(N([C@@H]2[C@H](C)CCN(C(=O)C([2H])([2H])[N+]#[C-])C2([2H])[2H])C([2H])([2H])[2H])c2cc[nH]c2n1. The van der Waals surface area contributed by atoms with Crippen molar-refractivity contribution in [2.75, 3.05) is 157 Å². The van der Waals surface area contributed by atoms with Crippen molar-refractivity contribution in [3.05, 3.63) is 150 Å². The van der Waals surface area contributed by atoms with Gasteiger partial charge in [0.15, 0.2) is 0 Å². The number of anilines is 5. The molecule has 15 rings (SSSR count). The molecule has 5 aliphatic heterocycles. The summed E-state index contributed by atoms with van der Waals surface area (Å²) in [6.07, 6.45) is 4.42. The van der Waals surface area contributed by atoms with E-state index in [0.29, 0.717) is 59.3 Å². The Morgan fingerprint density at radius 3 is 1.02 bits per heavy atom. The Bertz CT molecular complexity index is 7150. The van der Waals surface area contributed by atoms with Gasteiger partial charge in [0.2, 0.25) is 0 Å². The summed E-state index contributed by atoms with van der Waals surface area (Å²) in [5.41, 5.74) is 1.14. The molecule has 0 saturated carbocycles. The van der Waals surface area contributed by atoms with Gasteiger partial charge in [0, 0.05) is 155 Å². The molecule has 5 saturated heterocycles. The minimum Gasteiger partial charge on any atom is -0.354 e. The van der Waals surface area contributed by atoms with E-state index in [9.17, 15) is 25.3 Å². The number of carbonyl (C=O) groups is 5. The van der Waals surface area contributed by atoms with Crippen molar-refractivity contribution < 1.29 is 78.8 Å². The van der Waals surface area contributed by atoms with E-state index in [-0.39, 0.29) is 101 Å². The van der Waals surface area contributed by atoms with Crippen LogP contribution in [-0.2, 0) is 24.0 Å². The molecular formula is C80H100N30O5. The molecule has 5 aliphatic rings. The maximum Gasteiger partial charge on any atom is 0.302 e. The standard InChI is InChI=1S/5C16H20N6O/c5*1-11-5-7-22(14(23)8-17-2)9-13(11)21(3)16-12-4-6-18-15(12)19-10-20-16/h5*4,6,10-11,13H,5,7-9H2,1,3H3,(H,18,19,20)/t5*11-,13+/m11111/s1/i1D3,3D3,9D2,10D,11D,13D;1D3,9D2,10D,11D,13D;3D3,8D2,9D2,10D;1D3,8D2,9D2,10D;8D2,9D2,10D. The van der Waals surface area contributed by atoms with Crippen molar-refractivity contribution in [3.8, 4) is 0 Å². The molecule has 600 valence electrons. The van der Waals surface area contributed by atoms with Crippen LogP contribution >= 0.6 is 0 Å². The predicted octanol–water partition coefficient (Wildman–Crippen LogP) is 7.75. The fraction of sp³-hybridized carbons (Fsp3) is 0.500. The summed E-state index contributed by atoms with van der Waals surface area (Å²) in [6, 6.07) is -2.53. The number of hydrogen-bond donors (Lipinski definition) is 5. The fourth-order valence-electron chi connectivity index (χ4n) is 12.5. The van der Waals surface area contributed by atoms with Crippen molar-refractivity contribution in [2.24, 2.45) is 29.5 Å². The van der Waals surface area contributed by atoms with Crippen LogP contribution in [0.25, 0.3) is 79.4 Å². The normalized spacial score (nSPS) is 31.9. The molecular weight excluding hydrogens is 1460 g/mol. The van der Waals surface area contributed by atoms with Crippen LogP contribution in [0, 0.1) is 62.4 Å². The summed E-state index contributed by atoms with van der Waals surface area (Å²) >= 11 is 0. The number of likely N-dealkylation sites (N-methyl/N-ethyl adjacent to an activating group) is 5. The Labute approximate surface area is 724 Å². The molecule has 0 aromatic carbocycles. The Kier molecular flexibility index (Phi) is 15.0. The molecule has 0 bridgehead atoms. The molecule has 10 aromatic heterocycles. The Hall–Kier alpha value is -13.1. The average Bonchev–Trinajstić information content (AvgIpc) is 1.15. The van der Waals surface area contributed by atoms with Crippen molar-refractivity contribution in [2.45, 2.75) is 96.7 Å². The third-order valence-electron chi connectivity index (χ3n) is 18.6. The second-order valence-corrected chi connectivity index (χ2v) is 25.7. The second kappa shape index (κ2) is 38.4. The average molecular weight is 1600 g/mol. The van der Waals surface area contributed by atoms with Gasteiger partial charge in [-0.3, -0.25) is 24.0 Å². The Balaban J connectivity index is 0.000000183. The van der Waals surface area contributed by atoms with E-state index in [1.54, 1.807) is 43.4 Å². The molecule has 0 unspecified atom stereocenters. The van der Waals surface area contributed by atoms with E-state index in [0.717, 1.165) is 14.7 Å². The number of nitrogens with zero attached hydrogens (tertiary/aromatic N) is 25. The Morgan fingerprint density at radius 2 is 0.696 bits per heavy atom. The smallest absolute Gasteiger partial charge is 0.302 e. The summed E-state index contributed by atoms with van der Waals surface area (Å²) in [5.74, 6) is -14.2. The molecule has 5 N–H and O–H groups in total. The van der Waals surface area contributed by atoms with E-state index in [2.05, 4.69) is 99.0 Å². The molecule has 0 aliphatic carbocycles. The van der Waals surface area contributed by atoms with Crippen LogP contribution < -0.4 is 24.5 Å². The lowest BCUT2D eigenvalue weighted by Crippen LogP contribution is -2.53. The van der Waals surface area contributed by atoms with Gasteiger partial charge in [0.05, 0.1) is 73.5 Å². The maximum absolute atomic E-state index is 12.6. The molecule has 5 amide bonds. The number of aromatic nitrogens is 15. The zero-order valence-electron chi connectivity index (χ0n) is 102. The van der Waals surface area contributed by atoms with Crippen molar-refractivity contribution in [1.82, 2.24) is 99.3 Å². The lowest BCUT2D eigenvalue weighted by molar-refractivity contribution is -0.131.